The zero-order chi connectivity index (χ0) is 16.4. The molecule has 22 heavy (non-hydrogen) atoms. The van der Waals surface area contributed by atoms with Crippen LogP contribution in [-0.4, -0.2) is 64.9 Å². The minimum atomic E-state index is -0.677. The second-order valence-corrected chi connectivity index (χ2v) is 4.98. The number of hydrogen-bond acceptors (Lipinski definition) is 7. The van der Waals surface area contributed by atoms with Crippen LogP contribution in [0.1, 0.15) is 10.5 Å². The van der Waals surface area contributed by atoms with Gasteiger partial charge < -0.3 is 16.4 Å². The molecule has 2 rings (SSSR count). The Balaban J connectivity index is 2.19. The van der Waals surface area contributed by atoms with Crippen molar-refractivity contribution in [2.45, 2.75) is 0 Å². The fourth-order valence-electron chi connectivity index (χ4n) is 1.75. The average Bonchev–Trinajstić information content (AvgIpc) is 2.89. The van der Waals surface area contributed by atoms with Crippen molar-refractivity contribution >= 4 is 41.1 Å². The average molecular weight is 327 g/mol. The molecule has 0 bridgehead atoms. The van der Waals surface area contributed by atoms with E-state index < -0.39 is 5.91 Å². The third-order valence-corrected chi connectivity index (χ3v) is 3.08. The summed E-state index contributed by atoms with van der Waals surface area (Å²) in [7, 11) is 3.20. The monoisotopic (exact) mass is 326 g/mol. The lowest BCUT2D eigenvalue weighted by atomic mass is 10.4. The molecule has 10 nitrogen and oxygen atoms in total. The fraction of sp³-hybridized carbons (Fsp3) is 0.364. The van der Waals surface area contributed by atoms with Gasteiger partial charge in [-0.15, -0.1) is 0 Å². The van der Waals surface area contributed by atoms with Crippen LogP contribution in [0.25, 0.3) is 0 Å². The molecule has 1 aliphatic rings. The maximum Gasteiger partial charge on any atom is 0.326 e. The highest BCUT2D eigenvalue weighted by Gasteiger charge is 2.28. The van der Waals surface area contributed by atoms with Crippen molar-refractivity contribution in [1.29, 1.82) is 0 Å². The van der Waals surface area contributed by atoms with Crippen molar-refractivity contribution in [3.63, 3.8) is 0 Å². The van der Waals surface area contributed by atoms with Crippen LogP contribution in [0.5, 0.6) is 0 Å². The summed E-state index contributed by atoms with van der Waals surface area (Å²) in [6.45, 7) is 0.759. The Morgan fingerprint density at radius 3 is 2.59 bits per heavy atom. The Labute approximate surface area is 131 Å². The van der Waals surface area contributed by atoms with Crippen molar-refractivity contribution in [2.24, 2.45) is 4.99 Å². The molecule has 0 aliphatic carbocycles. The minimum Gasteiger partial charge on any atom is -0.382 e. The SMILES string of the molecule is CN(C)C(=O)N1CCN=C1NC(=O)c1nc(Cl)c(N)nc1N. The van der Waals surface area contributed by atoms with Gasteiger partial charge in [0.05, 0.1) is 13.1 Å². The Hall–Kier alpha value is -2.62. The van der Waals surface area contributed by atoms with Gasteiger partial charge in [-0.2, -0.15) is 0 Å². The number of nitrogens with two attached hydrogens (primary N) is 2. The van der Waals surface area contributed by atoms with Gasteiger partial charge in [-0.05, 0) is 0 Å². The van der Waals surface area contributed by atoms with Crippen LogP contribution in [0.4, 0.5) is 16.4 Å². The predicted molar refractivity (Wildman–Crippen MR) is 81.4 cm³/mol. The summed E-state index contributed by atoms with van der Waals surface area (Å²) >= 11 is 5.73. The predicted octanol–water partition coefficient (Wildman–Crippen LogP) is -0.623. The molecule has 0 atom stereocenters. The molecule has 0 aromatic carbocycles. The fourth-order valence-corrected chi connectivity index (χ4v) is 1.88. The molecule has 0 saturated carbocycles. The number of hydrogen-bond donors (Lipinski definition) is 3. The summed E-state index contributed by atoms with van der Waals surface area (Å²) in [6.07, 6.45) is 0. The zero-order valence-corrected chi connectivity index (χ0v) is 12.8. The molecule has 1 aliphatic heterocycles. The van der Waals surface area contributed by atoms with Gasteiger partial charge in [0.15, 0.2) is 22.5 Å². The number of aromatic nitrogens is 2. The van der Waals surface area contributed by atoms with Crippen molar-refractivity contribution in [2.75, 3.05) is 38.7 Å². The number of rotatable bonds is 1. The topological polar surface area (TPSA) is 143 Å². The molecule has 5 N–H and O–H groups in total. The molecular formula is C11H15ClN8O2. The van der Waals surface area contributed by atoms with E-state index in [-0.39, 0.29) is 34.5 Å². The van der Waals surface area contributed by atoms with Crippen LogP contribution >= 0.6 is 11.6 Å². The number of amides is 3. The van der Waals surface area contributed by atoms with Gasteiger partial charge in [-0.25, -0.2) is 14.8 Å². The summed E-state index contributed by atoms with van der Waals surface area (Å²) in [5.74, 6) is -0.788. The number of carbonyl (C=O) groups excluding carboxylic acids is 2. The highest BCUT2D eigenvalue weighted by Crippen LogP contribution is 2.17. The van der Waals surface area contributed by atoms with Crippen molar-refractivity contribution in [3.05, 3.63) is 10.8 Å². The first-order valence-corrected chi connectivity index (χ1v) is 6.62. The first-order valence-electron chi connectivity index (χ1n) is 6.24. The van der Waals surface area contributed by atoms with E-state index in [0.717, 1.165) is 0 Å². The van der Waals surface area contributed by atoms with E-state index in [9.17, 15) is 9.59 Å². The van der Waals surface area contributed by atoms with Crippen LogP contribution in [0.2, 0.25) is 5.15 Å². The third kappa shape index (κ3) is 3.01. The molecule has 0 saturated heterocycles. The first kappa shape index (κ1) is 15.8. The molecule has 1 aromatic rings. The molecule has 0 radical (unpaired) electrons. The number of carbonyl (C=O) groups is 2. The van der Waals surface area contributed by atoms with Crippen LogP contribution < -0.4 is 16.8 Å². The van der Waals surface area contributed by atoms with Crippen LogP contribution in [-0.2, 0) is 0 Å². The number of anilines is 2. The van der Waals surface area contributed by atoms with E-state index in [1.165, 1.54) is 9.80 Å². The number of nitrogens with zero attached hydrogens (tertiary/aromatic N) is 5. The van der Waals surface area contributed by atoms with E-state index >= 15 is 0 Å². The highest BCUT2D eigenvalue weighted by atomic mass is 35.5. The summed E-state index contributed by atoms with van der Waals surface area (Å²) in [5, 5.41) is 2.35. The smallest absolute Gasteiger partial charge is 0.326 e. The quantitative estimate of drug-likeness (QED) is 0.627. The standard InChI is InChI=1S/C11H15ClN8O2/c1-19(2)11(22)20-4-3-15-10(20)18-9(21)5-7(13)17-8(14)6(12)16-5/h3-4H2,1-2H3,(H4,13,14,17)(H,15,18,21). The molecule has 2 heterocycles. The summed E-state index contributed by atoms with van der Waals surface area (Å²) in [4.78, 5) is 38.5. The van der Waals surface area contributed by atoms with Crippen LogP contribution in [0, 0.1) is 0 Å². The number of nitrogen functional groups attached to an aromatic ring is 2. The van der Waals surface area contributed by atoms with E-state index in [4.69, 9.17) is 23.1 Å². The molecular weight excluding hydrogens is 312 g/mol. The van der Waals surface area contributed by atoms with Gasteiger partial charge in [0.1, 0.15) is 0 Å². The maximum absolute atomic E-state index is 12.2. The van der Waals surface area contributed by atoms with E-state index in [1.54, 1.807) is 14.1 Å². The van der Waals surface area contributed by atoms with Gasteiger partial charge in [0, 0.05) is 14.1 Å². The number of guanidine groups is 1. The summed E-state index contributed by atoms with van der Waals surface area (Å²) in [5.41, 5.74) is 10.9. The lowest BCUT2D eigenvalue weighted by Crippen LogP contribution is -2.48. The molecule has 0 fully saturated rings. The van der Waals surface area contributed by atoms with Gasteiger partial charge >= 0.3 is 6.03 Å². The van der Waals surface area contributed by atoms with Gasteiger partial charge in [-0.1, -0.05) is 11.6 Å². The Kier molecular flexibility index (Phi) is 4.31. The lowest BCUT2D eigenvalue weighted by molar-refractivity contribution is 0.0969. The third-order valence-electron chi connectivity index (χ3n) is 2.80. The number of halogens is 1. The molecule has 0 unspecified atom stereocenters. The minimum absolute atomic E-state index is 0.0710. The normalized spacial score (nSPS) is 13.8. The number of nitrogens with one attached hydrogen (secondary N) is 1. The first-order chi connectivity index (χ1) is 10.3. The van der Waals surface area contributed by atoms with E-state index in [1.807, 2.05) is 0 Å². The van der Waals surface area contributed by atoms with Crippen molar-refractivity contribution in [3.8, 4) is 0 Å². The molecule has 3 amide bonds. The zero-order valence-electron chi connectivity index (χ0n) is 12.0. The van der Waals surface area contributed by atoms with Crippen molar-refractivity contribution in [1.82, 2.24) is 25.1 Å². The Morgan fingerprint density at radius 1 is 1.27 bits per heavy atom. The maximum atomic E-state index is 12.2. The van der Waals surface area contributed by atoms with E-state index in [0.29, 0.717) is 13.1 Å². The van der Waals surface area contributed by atoms with Crippen molar-refractivity contribution < 1.29 is 9.59 Å². The van der Waals surface area contributed by atoms with E-state index in [2.05, 4.69) is 20.3 Å². The number of aliphatic imine (C=N–C) groups is 1. The molecule has 11 heteroatoms. The lowest BCUT2D eigenvalue weighted by Gasteiger charge is -2.22. The van der Waals surface area contributed by atoms with Gasteiger partial charge in [-0.3, -0.25) is 20.0 Å². The largest absolute Gasteiger partial charge is 0.382 e. The second kappa shape index (κ2) is 6.02. The molecule has 118 valence electrons. The summed E-state index contributed by atoms with van der Waals surface area (Å²) in [6, 6.07) is -0.300. The Bertz CT molecular complexity index is 660. The Morgan fingerprint density at radius 2 is 1.95 bits per heavy atom. The van der Waals surface area contributed by atoms with Gasteiger partial charge in [0.25, 0.3) is 5.91 Å². The number of urea groups is 1. The van der Waals surface area contributed by atoms with Crippen LogP contribution in [0.15, 0.2) is 4.99 Å². The van der Waals surface area contributed by atoms with Gasteiger partial charge in [0.2, 0.25) is 5.96 Å². The molecule has 0 spiro atoms. The van der Waals surface area contributed by atoms with Crippen LogP contribution in [0.3, 0.4) is 0 Å². The highest BCUT2D eigenvalue weighted by molar-refractivity contribution is 6.31. The second-order valence-electron chi connectivity index (χ2n) is 4.62. The molecule has 1 aromatic heterocycles. The summed E-state index contributed by atoms with van der Waals surface area (Å²) < 4.78 is 0.